The molecule has 3 heteroatoms. The summed E-state index contributed by atoms with van der Waals surface area (Å²) in [6.45, 7) is 8.08. The van der Waals surface area contributed by atoms with Crippen molar-refractivity contribution in [1.82, 2.24) is 0 Å². The van der Waals surface area contributed by atoms with Crippen molar-refractivity contribution >= 4 is 11.6 Å². The Balaban J connectivity index is 0.00000127. The van der Waals surface area contributed by atoms with E-state index in [1.54, 1.807) is 7.05 Å². The number of aryl methyl sites for hydroxylation is 2. The fourth-order valence-corrected chi connectivity index (χ4v) is 3.87. The lowest BCUT2D eigenvalue weighted by molar-refractivity contribution is 0.0912. The van der Waals surface area contributed by atoms with Gasteiger partial charge in [-0.05, 0) is 49.8 Å². The number of rotatable bonds is 4. The molecule has 0 amide bonds. The number of amidine groups is 1. The second kappa shape index (κ2) is 9.50. The van der Waals surface area contributed by atoms with Crippen LogP contribution in [0, 0.1) is 19.8 Å². The fourth-order valence-electron chi connectivity index (χ4n) is 3.87. The van der Waals surface area contributed by atoms with E-state index in [0.29, 0.717) is 11.8 Å². The van der Waals surface area contributed by atoms with Crippen LogP contribution in [-0.4, -0.2) is 18.7 Å². The molecule has 2 atom stereocenters. The number of benzene rings is 2. The largest absolute Gasteiger partial charge is 0.384 e. The van der Waals surface area contributed by atoms with E-state index in [1.807, 2.05) is 39.0 Å². The minimum atomic E-state index is 0. The minimum absolute atomic E-state index is 0. The molecule has 0 aromatic heterocycles. The molecule has 0 bridgehead atoms. The van der Waals surface area contributed by atoms with Crippen LogP contribution in [0.15, 0.2) is 47.5 Å². The summed E-state index contributed by atoms with van der Waals surface area (Å²) >= 11 is 0. The molecule has 1 aliphatic carbocycles. The second-order valence-electron chi connectivity index (χ2n) is 7.06. The third-order valence-electron chi connectivity index (χ3n) is 5.40. The zero-order chi connectivity index (χ0) is 20.0. The smallest absolute Gasteiger partial charge is 0.166 e. The van der Waals surface area contributed by atoms with Gasteiger partial charge >= 0.3 is 0 Å². The maximum atomic E-state index is 13.2. The highest BCUT2D eigenvalue weighted by Crippen LogP contribution is 2.41. The molecular weight excluding hydrogens is 332 g/mol. The Morgan fingerprint density at radius 1 is 1.07 bits per heavy atom. The Bertz CT molecular complexity index is 812. The highest BCUT2D eigenvalue weighted by Gasteiger charge is 2.34. The molecule has 146 valence electrons. The summed E-state index contributed by atoms with van der Waals surface area (Å²) in [5, 5.41) is 0. The van der Waals surface area contributed by atoms with E-state index in [2.05, 4.69) is 36.2 Å². The summed E-state index contributed by atoms with van der Waals surface area (Å²) in [4.78, 5) is 17.3. The van der Waals surface area contributed by atoms with E-state index in [1.165, 1.54) is 11.1 Å². The molecule has 2 aromatic rings. The predicted octanol–water partition coefficient (Wildman–Crippen LogP) is 5.68. The molecule has 0 radical (unpaired) electrons. The lowest BCUT2D eigenvalue weighted by Gasteiger charge is -2.20. The first-order valence-corrected chi connectivity index (χ1v) is 9.95. The lowest BCUT2D eigenvalue weighted by atomic mass is 9.83. The van der Waals surface area contributed by atoms with Gasteiger partial charge in [-0.2, -0.15) is 0 Å². The van der Waals surface area contributed by atoms with Crippen molar-refractivity contribution in [3.63, 3.8) is 0 Å². The molecular formula is C24H34N2O. The zero-order valence-corrected chi connectivity index (χ0v) is 17.3. The van der Waals surface area contributed by atoms with Crippen LogP contribution in [0.1, 0.15) is 73.1 Å². The Morgan fingerprint density at radius 3 is 2.37 bits per heavy atom. The monoisotopic (exact) mass is 366 g/mol. The molecule has 2 N–H and O–H groups in total. The number of ketones is 1. The van der Waals surface area contributed by atoms with Gasteiger partial charge in [-0.25, -0.2) is 0 Å². The van der Waals surface area contributed by atoms with Crippen LogP contribution in [0.4, 0.5) is 0 Å². The van der Waals surface area contributed by atoms with Gasteiger partial charge in [0, 0.05) is 25.5 Å². The average Bonchev–Trinajstić information content (AvgIpc) is 3.19. The van der Waals surface area contributed by atoms with Gasteiger partial charge in [0.15, 0.2) is 5.78 Å². The maximum Gasteiger partial charge on any atom is 0.166 e. The normalized spacial score (nSPS) is 19.4. The third-order valence-corrected chi connectivity index (χ3v) is 5.40. The molecule has 3 nitrogen and oxygen atoms in total. The van der Waals surface area contributed by atoms with Crippen molar-refractivity contribution in [1.29, 1.82) is 0 Å². The number of nitrogens with zero attached hydrogens (tertiary/aromatic N) is 1. The summed E-state index contributed by atoms with van der Waals surface area (Å²) < 4.78 is 0. The van der Waals surface area contributed by atoms with Crippen molar-refractivity contribution in [2.24, 2.45) is 16.6 Å². The Labute approximate surface area is 165 Å². The topological polar surface area (TPSA) is 55.4 Å². The van der Waals surface area contributed by atoms with Gasteiger partial charge in [0.1, 0.15) is 5.84 Å². The van der Waals surface area contributed by atoms with Crippen molar-refractivity contribution < 1.29 is 6.22 Å². The van der Waals surface area contributed by atoms with Crippen molar-refractivity contribution in [2.75, 3.05) is 7.05 Å². The molecule has 0 heterocycles. The number of hydrogen-bond donors (Lipinski definition) is 1. The first kappa shape index (κ1) is 20.9. The summed E-state index contributed by atoms with van der Waals surface area (Å²) in [5.74, 6) is 1.08. The average molecular weight is 367 g/mol. The summed E-state index contributed by atoms with van der Waals surface area (Å²) in [6.07, 6.45) is 3.14. The number of nitrogens with two attached hydrogens (primary N) is 1. The van der Waals surface area contributed by atoms with Crippen LogP contribution in [0.2, 0.25) is 0 Å². The summed E-state index contributed by atoms with van der Waals surface area (Å²) in [5.41, 5.74) is 11.2. The van der Waals surface area contributed by atoms with Gasteiger partial charge in [-0.15, -0.1) is 0 Å². The van der Waals surface area contributed by atoms with Crippen LogP contribution < -0.4 is 5.73 Å². The van der Waals surface area contributed by atoms with E-state index in [4.69, 9.17) is 5.73 Å². The predicted molar refractivity (Wildman–Crippen MR) is 117 cm³/mol. The van der Waals surface area contributed by atoms with Crippen LogP contribution in [0.25, 0.3) is 0 Å². The van der Waals surface area contributed by atoms with E-state index >= 15 is 0 Å². The van der Waals surface area contributed by atoms with Gasteiger partial charge in [0.05, 0.1) is 0 Å². The molecule has 0 spiro atoms. The minimum Gasteiger partial charge on any atom is -0.384 e. The Hall–Kier alpha value is -2.42. The first-order chi connectivity index (χ1) is 13.0. The first-order valence-electron chi connectivity index (χ1n) is 9.95. The molecule has 1 aliphatic rings. The van der Waals surface area contributed by atoms with Gasteiger partial charge in [-0.1, -0.05) is 62.2 Å². The molecule has 3 rings (SSSR count). The SMILES string of the molecule is CC.CN=C(N)c1cc(C(=O)C2CCCC2c2ccc(C)cc2)ccc1C.[HH]. The third kappa shape index (κ3) is 4.65. The molecule has 0 saturated heterocycles. The number of Topliss-reactive ketones (excluding diaryl/α,β-unsaturated/α-hetero) is 1. The molecule has 1 saturated carbocycles. The van der Waals surface area contributed by atoms with Gasteiger partial charge < -0.3 is 5.73 Å². The quantitative estimate of drug-likeness (QED) is 0.430. The van der Waals surface area contributed by atoms with E-state index in [9.17, 15) is 4.79 Å². The van der Waals surface area contributed by atoms with E-state index in [0.717, 1.165) is 36.0 Å². The van der Waals surface area contributed by atoms with E-state index in [-0.39, 0.29) is 13.1 Å². The highest BCUT2D eigenvalue weighted by atomic mass is 16.1. The number of hydrogen-bond acceptors (Lipinski definition) is 2. The summed E-state index contributed by atoms with van der Waals surface area (Å²) in [7, 11) is 1.67. The van der Waals surface area contributed by atoms with Crippen molar-refractivity contribution in [3.05, 3.63) is 70.3 Å². The Kier molecular flexibility index (Phi) is 7.35. The number of carbonyl (C=O) groups is 1. The molecule has 2 unspecified atom stereocenters. The number of aliphatic imine (C=N–C) groups is 1. The second-order valence-corrected chi connectivity index (χ2v) is 7.06. The number of carbonyl (C=O) groups excluding carboxylic acids is 1. The van der Waals surface area contributed by atoms with Gasteiger partial charge in [0.2, 0.25) is 0 Å². The Morgan fingerprint density at radius 2 is 1.74 bits per heavy atom. The van der Waals surface area contributed by atoms with Crippen LogP contribution in [0.5, 0.6) is 0 Å². The highest BCUT2D eigenvalue weighted by molar-refractivity contribution is 6.04. The zero-order valence-electron chi connectivity index (χ0n) is 17.3. The standard InChI is InChI=1S/C22H26N2O.C2H6.H2/c1-14-7-10-16(11-8-14)18-5-4-6-19(18)21(25)17-12-9-15(2)20(13-17)22(23)24-3;1-2;/h7-13,18-19H,4-6H2,1-3H3,(H2,23,24);1-2H3;1H. The van der Waals surface area contributed by atoms with Crippen LogP contribution in [0.3, 0.4) is 0 Å². The van der Waals surface area contributed by atoms with Crippen LogP contribution >= 0.6 is 0 Å². The van der Waals surface area contributed by atoms with E-state index < -0.39 is 0 Å². The summed E-state index contributed by atoms with van der Waals surface area (Å²) in [6, 6.07) is 14.4. The van der Waals surface area contributed by atoms with Gasteiger partial charge in [0.25, 0.3) is 0 Å². The van der Waals surface area contributed by atoms with Gasteiger partial charge in [-0.3, -0.25) is 9.79 Å². The van der Waals surface area contributed by atoms with Crippen molar-refractivity contribution in [3.8, 4) is 0 Å². The lowest BCUT2D eigenvalue weighted by Crippen LogP contribution is -2.20. The molecule has 1 fully saturated rings. The fraction of sp³-hybridized carbons (Fsp3) is 0.417. The van der Waals surface area contributed by atoms with Crippen LogP contribution in [-0.2, 0) is 0 Å². The van der Waals surface area contributed by atoms with Crippen molar-refractivity contribution in [2.45, 2.75) is 52.9 Å². The molecule has 27 heavy (non-hydrogen) atoms. The molecule has 0 aliphatic heterocycles. The maximum absolute atomic E-state index is 13.2. The molecule has 2 aromatic carbocycles.